The van der Waals surface area contributed by atoms with E-state index < -0.39 is 0 Å². The van der Waals surface area contributed by atoms with Gasteiger partial charge in [-0.25, -0.2) is 0 Å². The fraction of sp³-hybridized carbons (Fsp3) is 0.611. The summed E-state index contributed by atoms with van der Waals surface area (Å²) in [5.74, 6) is 0.899. The summed E-state index contributed by atoms with van der Waals surface area (Å²) in [5, 5.41) is 6.91. The zero-order chi connectivity index (χ0) is 15.8. The predicted octanol–water partition coefficient (Wildman–Crippen LogP) is 3.84. The minimum absolute atomic E-state index is 0. The maximum absolute atomic E-state index is 5.66. The lowest BCUT2D eigenvalue weighted by atomic mass is 10.1. The Morgan fingerprint density at radius 3 is 2.61 bits per heavy atom. The zero-order valence-electron chi connectivity index (χ0n) is 14.5. The van der Waals surface area contributed by atoms with E-state index in [1.807, 2.05) is 7.05 Å². The molecule has 2 N–H and O–H groups in total. The van der Waals surface area contributed by atoms with Crippen LogP contribution < -0.4 is 10.6 Å². The molecule has 0 radical (unpaired) electrons. The number of hydrogen-bond donors (Lipinski definition) is 2. The van der Waals surface area contributed by atoms with E-state index in [1.165, 1.54) is 36.8 Å². The van der Waals surface area contributed by atoms with Gasteiger partial charge in [0, 0.05) is 19.6 Å². The highest BCUT2D eigenvalue weighted by molar-refractivity contribution is 14.0. The van der Waals surface area contributed by atoms with Crippen molar-refractivity contribution in [2.45, 2.75) is 64.8 Å². The minimum Gasteiger partial charge on any atom is -0.374 e. The second-order valence-corrected chi connectivity index (χ2v) is 6.23. The van der Waals surface area contributed by atoms with Crippen LogP contribution in [0, 0.1) is 0 Å². The van der Waals surface area contributed by atoms with Crippen molar-refractivity contribution < 1.29 is 4.74 Å². The van der Waals surface area contributed by atoms with Crippen molar-refractivity contribution in [3.8, 4) is 0 Å². The van der Waals surface area contributed by atoms with Crippen molar-refractivity contribution in [1.29, 1.82) is 0 Å². The fourth-order valence-corrected chi connectivity index (χ4v) is 2.74. The molecule has 1 fully saturated rings. The molecule has 1 saturated carbocycles. The SMILES string of the molecule is CN=C(NCc1cccc(COC(C)C)c1)NC1CCCC1.I. The number of nitrogens with zero attached hydrogens (tertiary/aromatic N) is 1. The van der Waals surface area contributed by atoms with Gasteiger partial charge >= 0.3 is 0 Å². The molecule has 23 heavy (non-hydrogen) atoms. The van der Waals surface area contributed by atoms with Gasteiger partial charge in [-0.15, -0.1) is 24.0 Å². The molecule has 0 saturated heterocycles. The topological polar surface area (TPSA) is 45.7 Å². The molecule has 5 heteroatoms. The summed E-state index contributed by atoms with van der Waals surface area (Å²) in [6.07, 6.45) is 5.42. The molecule has 2 rings (SSSR count). The van der Waals surface area contributed by atoms with E-state index in [4.69, 9.17) is 4.74 Å². The highest BCUT2D eigenvalue weighted by atomic mass is 127. The number of halogens is 1. The van der Waals surface area contributed by atoms with Crippen LogP contribution >= 0.6 is 24.0 Å². The molecule has 1 aromatic rings. The van der Waals surface area contributed by atoms with Crippen molar-refractivity contribution in [3.05, 3.63) is 35.4 Å². The minimum atomic E-state index is 0. The molecular weight excluding hydrogens is 401 g/mol. The molecule has 1 aliphatic carbocycles. The van der Waals surface area contributed by atoms with Crippen LogP contribution in [0.4, 0.5) is 0 Å². The van der Waals surface area contributed by atoms with Crippen LogP contribution in [0.3, 0.4) is 0 Å². The quantitative estimate of drug-likeness (QED) is 0.409. The van der Waals surface area contributed by atoms with Crippen molar-refractivity contribution in [3.63, 3.8) is 0 Å². The average molecular weight is 431 g/mol. The van der Waals surface area contributed by atoms with Crippen LogP contribution in [0.25, 0.3) is 0 Å². The largest absolute Gasteiger partial charge is 0.374 e. The maximum atomic E-state index is 5.66. The Morgan fingerprint density at radius 1 is 1.26 bits per heavy atom. The number of rotatable bonds is 6. The van der Waals surface area contributed by atoms with Gasteiger partial charge in [-0.2, -0.15) is 0 Å². The highest BCUT2D eigenvalue weighted by Crippen LogP contribution is 2.17. The van der Waals surface area contributed by atoms with Crippen molar-refractivity contribution in [2.75, 3.05) is 7.05 Å². The van der Waals surface area contributed by atoms with Crippen molar-refractivity contribution in [1.82, 2.24) is 10.6 Å². The molecule has 0 amide bonds. The molecule has 0 spiro atoms. The summed E-state index contributed by atoms with van der Waals surface area (Å²) in [6.45, 7) is 5.57. The lowest BCUT2D eigenvalue weighted by molar-refractivity contribution is 0.0657. The first-order valence-electron chi connectivity index (χ1n) is 8.34. The number of hydrogen-bond acceptors (Lipinski definition) is 2. The highest BCUT2D eigenvalue weighted by Gasteiger charge is 2.15. The van der Waals surface area contributed by atoms with E-state index in [1.54, 1.807) is 0 Å². The summed E-state index contributed by atoms with van der Waals surface area (Å²) < 4.78 is 5.66. The van der Waals surface area contributed by atoms with Gasteiger partial charge in [0.25, 0.3) is 0 Å². The Labute approximate surface area is 157 Å². The Morgan fingerprint density at radius 2 is 1.96 bits per heavy atom. The smallest absolute Gasteiger partial charge is 0.191 e. The molecule has 0 bridgehead atoms. The van der Waals surface area contributed by atoms with Gasteiger partial charge in [0.2, 0.25) is 0 Å². The Kier molecular flexibility index (Phi) is 9.55. The monoisotopic (exact) mass is 431 g/mol. The normalized spacial score (nSPS) is 15.6. The van der Waals surface area contributed by atoms with Crippen LogP contribution in [0.5, 0.6) is 0 Å². The maximum Gasteiger partial charge on any atom is 0.191 e. The fourth-order valence-electron chi connectivity index (χ4n) is 2.74. The second kappa shape index (κ2) is 10.9. The Bertz CT molecular complexity index is 485. The third-order valence-electron chi connectivity index (χ3n) is 3.95. The van der Waals surface area contributed by atoms with Gasteiger partial charge < -0.3 is 15.4 Å². The number of nitrogens with one attached hydrogen (secondary N) is 2. The van der Waals surface area contributed by atoms with Crippen LogP contribution in [0.2, 0.25) is 0 Å². The van der Waals surface area contributed by atoms with E-state index in [2.05, 4.69) is 53.7 Å². The second-order valence-electron chi connectivity index (χ2n) is 6.23. The summed E-state index contributed by atoms with van der Waals surface area (Å²) in [7, 11) is 1.83. The lowest BCUT2D eigenvalue weighted by Gasteiger charge is -2.17. The molecule has 1 aliphatic rings. The van der Waals surface area contributed by atoms with E-state index in [-0.39, 0.29) is 30.1 Å². The number of benzene rings is 1. The summed E-state index contributed by atoms with van der Waals surface area (Å²) in [6, 6.07) is 9.10. The molecule has 0 aliphatic heterocycles. The molecule has 0 unspecified atom stereocenters. The van der Waals surface area contributed by atoms with Crippen LogP contribution in [-0.4, -0.2) is 25.2 Å². The number of ether oxygens (including phenoxy) is 1. The summed E-state index contributed by atoms with van der Waals surface area (Å²) >= 11 is 0. The molecule has 130 valence electrons. The van der Waals surface area contributed by atoms with Crippen LogP contribution in [0.1, 0.15) is 50.7 Å². The zero-order valence-corrected chi connectivity index (χ0v) is 16.8. The van der Waals surface area contributed by atoms with E-state index in [0.717, 1.165) is 12.5 Å². The third-order valence-corrected chi connectivity index (χ3v) is 3.95. The van der Waals surface area contributed by atoms with Gasteiger partial charge in [-0.05, 0) is 37.8 Å². The van der Waals surface area contributed by atoms with Crippen molar-refractivity contribution >= 4 is 29.9 Å². The summed E-state index contributed by atoms with van der Waals surface area (Å²) in [4.78, 5) is 4.32. The Hall–Kier alpha value is -0.820. The molecule has 0 atom stereocenters. The van der Waals surface area contributed by atoms with Gasteiger partial charge in [0.05, 0.1) is 12.7 Å². The van der Waals surface area contributed by atoms with E-state index in [0.29, 0.717) is 12.6 Å². The van der Waals surface area contributed by atoms with Crippen LogP contribution in [0.15, 0.2) is 29.3 Å². The van der Waals surface area contributed by atoms with E-state index >= 15 is 0 Å². The number of guanidine groups is 1. The van der Waals surface area contributed by atoms with Gasteiger partial charge in [-0.1, -0.05) is 37.1 Å². The Balaban J connectivity index is 0.00000264. The molecular formula is C18H30IN3O. The predicted molar refractivity (Wildman–Crippen MR) is 107 cm³/mol. The molecule has 1 aromatic carbocycles. The van der Waals surface area contributed by atoms with Gasteiger partial charge in [0.15, 0.2) is 5.96 Å². The first kappa shape index (κ1) is 20.2. The first-order valence-corrected chi connectivity index (χ1v) is 8.34. The molecule has 4 nitrogen and oxygen atoms in total. The molecule has 0 heterocycles. The van der Waals surface area contributed by atoms with Crippen LogP contribution in [-0.2, 0) is 17.9 Å². The standard InChI is InChI=1S/C18H29N3O.HI/c1-14(2)22-13-16-8-6-7-15(11-16)12-20-18(19-3)21-17-9-4-5-10-17;/h6-8,11,14,17H,4-5,9-10,12-13H2,1-3H3,(H2,19,20,21);1H. The number of aliphatic imine (C=N–C) groups is 1. The third kappa shape index (κ3) is 7.52. The van der Waals surface area contributed by atoms with E-state index in [9.17, 15) is 0 Å². The van der Waals surface area contributed by atoms with Gasteiger partial charge in [-0.3, -0.25) is 4.99 Å². The summed E-state index contributed by atoms with van der Waals surface area (Å²) in [5.41, 5.74) is 2.46. The van der Waals surface area contributed by atoms with Gasteiger partial charge in [0.1, 0.15) is 0 Å². The average Bonchev–Trinajstić information content (AvgIpc) is 3.03. The first-order chi connectivity index (χ1) is 10.7. The lowest BCUT2D eigenvalue weighted by Crippen LogP contribution is -2.41. The molecule has 0 aromatic heterocycles. The van der Waals surface area contributed by atoms with Crippen molar-refractivity contribution in [2.24, 2.45) is 4.99 Å².